The van der Waals surface area contributed by atoms with Gasteiger partial charge in [-0.3, -0.25) is 4.99 Å². The number of halogens is 1. The zero-order valence-electron chi connectivity index (χ0n) is 19.9. The summed E-state index contributed by atoms with van der Waals surface area (Å²) in [4.78, 5) is 6.44. The van der Waals surface area contributed by atoms with E-state index in [1.54, 1.807) is 42.6 Å². The van der Waals surface area contributed by atoms with Crippen LogP contribution in [0.25, 0.3) is 0 Å². The average molecular weight is 559 g/mol. The third kappa shape index (κ3) is 6.72. The molecular formula is C23H34IN3O5. The van der Waals surface area contributed by atoms with Crippen LogP contribution in [0.15, 0.2) is 35.3 Å². The van der Waals surface area contributed by atoms with Crippen molar-refractivity contribution in [2.75, 3.05) is 56.2 Å². The lowest BCUT2D eigenvalue weighted by molar-refractivity contribution is 0.322. The fourth-order valence-corrected chi connectivity index (χ4v) is 3.37. The minimum atomic E-state index is 0. The second-order valence-corrected chi connectivity index (χ2v) is 6.75. The highest BCUT2D eigenvalue weighted by atomic mass is 127. The predicted octanol–water partition coefficient (Wildman–Crippen LogP) is 3.60. The normalized spacial score (nSPS) is 10.7. The molecule has 0 spiro atoms. The fraction of sp³-hybridized carbons (Fsp3) is 0.435. The van der Waals surface area contributed by atoms with E-state index in [9.17, 15) is 0 Å². The van der Waals surface area contributed by atoms with Gasteiger partial charge in [-0.15, -0.1) is 24.0 Å². The molecule has 0 bridgehead atoms. The van der Waals surface area contributed by atoms with E-state index in [0.29, 0.717) is 30.3 Å². The number of rotatable bonds is 10. The topological polar surface area (TPSA) is 73.8 Å². The van der Waals surface area contributed by atoms with E-state index < -0.39 is 0 Å². The Balaban J connectivity index is 0.00000512. The summed E-state index contributed by atoms with van der Waals surface area (Å²) < 4.78 is 27.2. The Hall–Kier alpha value is -2.56. The number of nitrogens with zero attached hydrogens (tertiary/aromatic N) is 2. The summed E-state index contributed by atoms with van der Waals surface area (Å²) in [7, 11) is 11.9. The quantitative estimate of drug-likeness (QED) is 0.271. The Morgan fingerprint density at radius 1 is 0.844 bits per heavy atom. The van der Waals surface area contributed by atoms with E-state index in [1.165, 1.54) is 0 Å². The van der Waals surface area contributed by atoms with Crippen molar-refractivity contribution in [1.82, 2.24) is 10.2 Å². The standard InChI is InChI=1S/C23H33N3O5.HI/c1-24-23(26(2)15-17-8-10-18(27-3)14-20(17)29-5)25-13-12-16-9-11-19(28-4)22(31-7)21(16)30-6;/h8-11,14H,12-13,15H2,1-7H3,(H,24,25);1H. The molecule has 8 nitrogen and oxygen atoms in total. The maximum Gasteiger partial charge on any atom is 0.203 e. The number of nitrogens with one attached hydrogen (secondary N) is 1. The average Bonchev–Trinajstić information content (AvgIpc) is 2.81. The number of guanidine groups is 1. The van der Waals surface area contributed by atoms with Crippen LogP contribution in [0.1, 0.15) is 11.1 Å². The molecule has 0 unspecified atom stereocenters. The highest BCUT2D eigenvalue weighted by Crippen LogP contribution is 2.39. The second kappa shape index (κ2) is 13.8. The van der Waals surface area contributed by atoms with Crippen LogP contribution in [0.5, 0.6) is 28.7 Å². The summed E-state index contributed by atoms with van der Waals surface area (Å²) in [6.07, 6.45) is 0.724. The third-order valence-electron chi connectivity index (χ3n) is 4.94. The number of hydrogen-bond acceptors (Lipinski definition) is 6. The SMILES string of the molecule is CN=C(NCCc1ccc(OC)c(OC)c1OC)N(C)Cc1ccc(OC)cc1OC.I. The van der Waals surface area contributed by atoms with E-state index in [-0.39, 0.29) is 24.0 Å². The van der Waals surface area contributed by atoms with Crippen molar-refractivity contribution in [1.29, 1.82) is 0 Å². The molecule has 0 saturated heterocycles. The zero-order valence-corrected chi connectivity index (χ0v) is 22.2. The molecule has 0 heterocycles. The maximum atomic E-state index is 5.57. The van der Waals surface area contributed by atoms with Gasteiger partial charge in [-0.05, 0) is 24.6 Å². The van der Waals surface area contributed by atoms with Crippen LogP contribution < -0.4 is 29.0 Å². The molecule has 0 aliphatic carbocycles. The molecule has 0 amide bonds. The van der Waals surface area contributed by atoms with E-state index in [2.05, 4.69) is 10.3 Å². The highest BCUT2D eigenvalue weighted by molar-refractivity contribution is 14.0. The van der Waals surface area contributed by atoms with E-state index in [4.69, 9.17) is 23.7 Å². The van der Waals surface area contributed by atoms with E-state index >= 15 is 0 Å². The first-order chi connectivity index (χ1) is 15.0. The lowest BCUT2D eigenvalue weighted by Gasteiger charge is -2.23. The number of methoxy groups -OCH3 is 5. The van der Waals surface area contributed by atoms with Gasteiger partial charge in [0.15, 0.2) is 17.5 Å². The highest BCUT2D eigenvalue weighted by Gasteiger charge is 2.16. The van der Waals surface area contributed by atoms with Crippen LogP contribution in [0.4, 0.5) is 0 Å². The molecule has 0 aliphatic rings. The maximum absolute atomic E-state index is 5.57. The summed E-state index contributed by atoms with van der Waals surface area (Å²) in [5.74, 6) is 4.22. The molecule has 0 atom stereocenters. The van der Waals surface area contributed by atoms with Gasteiger partial charge < -0.3 is 33.9 Å². The zero-order chi connectivity index (χ0) is 22.8. The Morgan fingerprint density at radius 2 is 1.50 bits per heavy atom. The van der Waals surface area contributed by atoms with Crippen molar-refractivity contribution in [3.63, 3.8) is 0 Å². The minimum Gasteiger partial charge on any atom is -0.497 e. The number of benzene rings is 2. The number of ether oxygens (including phenoxy) is 5. The lowest BCUT2D eigenvalue weighted by Crippen LogP contribution is -2.39. The van der Waals surface area contributed by atoms with Crippen LogP contribution in [-0.2, 0) is 13.0 Å². The van der Waals surface area contributed by atoms with Crippen LogP contribution in [0, 0.1) is 0 Å². The van der Waals surface area contributed by atoms with Gasteiger partial charge in [0.05, 0.1) is 35.5 Å². The molecule has 0 aliphatic heterocycles. The van der Waals surface area contributed by atoms with Crippen LogP contribution in [-0.4, -0.2) is 67.0 Å². The Labute approximate surface area is 207 Å². The van der Waals surface area contributed by atoms with Gasteiger partial charge in [0.1, 0.15) is 11.5 Å². The monoisotopic (exact) mass is 559 g/mol. The molecule has 1 N–H and O–H groups in total. The molecule has 9 heteroatoms. The molecule has 0 fully saturated rings. The van der Waals surface area contributed by atoms with Crippen molar-refractivity contribution in [3.05, 3.63) is 41.5 Å². The summed E-state index contributed by atoms with van der Waals surface area (Å²) in [6.45, 7) is 1.30. The molecular weight excluding hydrogens is 525 g/mol. The van der Waals surface area contributed by atoms with Crippen molar-refractivity contribution in [2.45, 2.75) is 13.0 Å². The van der Waals surface area contributed by atoms with Crippen LogP contribution in [0.2, 0.25) is 0 Å². The minimum absolute atomic E-state index is 0. The summed E-state index contributed by atoms with van der Waals surface area (Å²) in [5, 5.41) is 3.40. The fourth-order valence-electron chi connectivity index (χ4n) is 3.37. The Morgan fingerprint density at radius 3 is 2.06 bits per heavy atom. The number of aliphatic imine (C=N–C) groups is 1. The van der Waals surface area contributed by atoms with Gasteiger partial charge in [-0.1, -0.05) is 6.07 Å². The largest absolute Gasteiger partial charge is 0.497 e. The van der Waals surface area contributed by atoms with E-state index in [0.717, 1.165) is 35.0 Å². The first-order valence-electron chi connectivity index (χ1n) is 9.93. The van der Waals surface area contributed by atoms with Crippen molar-refractivity contribution >= 4 is 29.9 Å². The number of hydrogen-bond donors (Lipinski definition) is 1. The third-order valence-corrected chi connectivity index (χ3v) is 4.94. The van der Waals surface area contributed by atoms with Gasteiger partial charge >= 0.3 is 0 Å². The summed E-state index contributed by atoms with van der Waals surface area (Å²) in [6, 6.07) is 9.66. The van der Waals surface area contributed by atoms with Crippen molar-refractivity contribution in [2.24, 2.45) is 4.99 Å². The van der Waals surface area contributed by atoms with E-state index in [1.807, 2.05) is 42.3 Å². The second-order valence-electron chi connectivity index (χ2n) is 6.75. The summed E-state index contributed by atoms with van der Waals surface area (Å²) in [5.41, 5.74) is 2.05. The predicted molar refractivity (Wildman–Crippen MR) is 138 cm³/mol. The molecule has 0 aromatic heterocycles. The van der Waals surface area contributed by atoms with Gasteiger partial charge in [0, 0.05) is 44.4 Å². The van der Waals surface area contributed by atoms with Gasteiger partial charge in [0.25, 0.3) is 0 Å². The Bertz CT molecular complexity index is 892. The molecule has 0 radical (unpaired) electrons. The smallest absolute Gasteiger partial charge is 0.203 e. The molecule has 2 aromatic carbocycles. The van der Waals surface area contributed by atoms with Crippen molar-refractivity contribution in [3.8, 4) is 28.7 Å². The molecule has 0 saturated carbocycles. The Kier molecular flexibility index (Phi) is 11.8. The molecule has 32 heavy (non-hydrogen) atoms. The van der Waals surface area contributed by atoms with Crippen LogP contribution in [0.3, 0.4) is 0 Å². The van der Waals surface area contributed by atoms with Gasteiger partial charge in [-0.2, -0.15) is 0 Å². The van der Waals surface area contributed by atoms with Gasteiger partial charge in [0.2, 0.25) is 5.75 Å². The summed E-state index contributed by atoms with van der Waals surface area (Å²) >= 11 is 0. The van der Waals surface area contributed by atoms with Crippen LogP contribution >= 0.6 is 24.0 Å². The van der Waals surface area contributed by atoms with Gasteiger partial charge in [-0.25, -0.2) is 0 Å². The van der Waals surface area contributed by atoms with Crippen molar-refractivity contribution < 1.29 is 23.7 Å². The lowest BCUT2D eigenvalue weighted by atomic mass is 10.1. The first-order valence-corrected chi connectivity index (χ1v) is 9.93. The molecule has 2 rings (SSSR count). The molecule has 178 valence electrons. The molecule has 2 aromatic rings. The first kappa shape index (κ1) is 27.5.